The van der Waals surface area contributed by atoms with Gasteiger partial charge in [-0.15, -0.1) is 11.3 Å². The Morgan fingerprint density at radius 1 is 1.22 bits per heavy atom. The molecule has 1 aliphatic heterocycles. The van der Waals surface area contributed by atoms with E-state index in [4.69, 9.17) is 0 Å². The zero-order valence-corrected chi connectivity index (χ0v) is 14.4. The van der Waals surface area contributed by atoms with Crippen LogP contribution < -0.4 is 10.2 Å². The number of carbonyl (C=O) groups excluding carboxylic acids is 1. The van der Waals surface area contributed by atoms with Gasteiger partial charge in [0, 0.05) is 43.4 Å². The molecular weight excluding hydrogens is 308 g/mol. The van der Waals surface area contributed by atoms with Crippen molar-refractivity contribution in [3.63, 3.8) is 0 Å². The molecule has 0 spiro atoms. The Labute approximate surface area is 140 Å². The van der Waals surface area contributed by atoms with E-state index in [1.165, 1.54) is 11.1 Å². The monoisotopic (exact) mass is 330 g/mol. The van der Waals surface area contributed by atoms with Crippen molar-refractivity contribution in [2.75, 3.05) is 42.9 Å². The van der Waals surface area contributed by atoms with Crippen LogP contribution in [0.5, 0.6) is 0 Å². The smallest absolute Gasteiger partial charge is 0.238 e. The summed E-state index contributed by atoms with van der Waals surface area (Å²) in [4.78, 5) is 21.0. The van der Waals surface area contributed by atoms with Crippen LogP contribution in [-0.4, -0.2) is 48.5 Å². The van der Waals surface area contributed by atoms with E-state index in [0.29, 0.717) is 6.54 Å². The summed E-state index contributed by atoms with van der Waals surface area (Å²) >= 11 is 1.67. The second kappa shape index (κ2) is 7.10. The van der Waals surface area contributed by atoms with Gasteiger partial charge in [0.1, 0.15) is 0 Å². The zero-order chi connectivity index (χ0) is 16.2. The lowest BCUT2D eigenvalue weighted by atomic mass is 10.1. The van der Waals surface area contributed by atoms with Crippen molar-refractivity contribution in [2.45, 2.75) is 13.8 Å². The lowest BCUT2D eigenvalue weighted by molar-refractivity contribution is -0.117. The Kier molecular flexibility index (Phi) is 4.93. The Hall–Kier alpha value is -1.92. The quantitative estimate of drug-likeness (QED) is 0.936. The highest BCUT2D eigenvalue weighted by molar-refractivity contribution is 7.13. The predicted molar refractivity (Wildman–Crippen MR) is 95.3 cm³/mol. The van der Waals surface area contributed by atoms with Crippen molar-refractivity contribution in [3.8, 4) is 0 Å². The molecule has 0 aliphatic carbocycles. The number of aromatic nitrogens is 1. The fourth-order valence-electron chi connectivity index (χ4n) is 2.69. The SMILES string of the molecule is Cc1ccc(NC(=O)CN2CCN(c3nccs3)CC2)cc1C. The number of rotatable bonds is 4. The largest absolute Gasteiger partial charge is 0.346 e. The Morgan fingerprint density at radius 2 is 2.00 bits per heavy atom. The Bertz CT molecular complexity index is 663. The van der Waals surface area contributed by atoms with Gasteiger partial charge in [0.2, 0.25) is 5.91 Å². The van der Waals surface area contributed by atoms with Gasteiger partial charge in [0.05, 0.1) is 6.54 Å². The molecule has 23 heavy (non-hydrogen) atoms. The van der Waals surface area contributed by atoms with Crippen LogP contribution in [0.1, 0.15) is 11.1 Å². The van der Waals surface area contributed by atoms with E-state index in [0.717, 1.165) is 37.0 Å². The van der Waals surface area contributed by atoms with E-state index in [1.807, 2.05) is 29.8 Å². The van der Waals surface area contributed by atoms with Crippen molar-refractivity contribution in [2.24, 2.45) is 0 Å². The Morgan fingerprint density at radius 3 is 2.65 bits per heavy atom. The van der Waals surface area contributed by atoms with Crippen LogP contribution in [0.3, 0.4) is 0 Å². The predicted octanol–water partition coefficient (Wildman–Crippen LogP) is 2.52. The van der Waals surface area contributed by atoms with Crippen LogP contribution in [-0.2, 0) is 4.79 Å². The van der Waals surface area contributed by atoms with Crippen LogP contribution in [0.2, 0.25) is 0 Å². The average molecular weight is 330 g/mol. The van der Waals surface area contributed by atoms with Crippen molar-refractivity contribution in [3.05, 3.63) is 40.9 Å². The van der Waals surface area contributed by atoms with Crippen molar-refractivity contribution >= 4 is 28.1 Å². The van der Waals surface area contributed by atoms with E-state index >= 15 is 0 Å². The molecule has 0 radical (unpaired) electrons. The molecule has 0 saturated carbocycles. The fourth-order valence-corrected chi connectivity index (χ4v) is 3.39. The minimum Gasteiger partial charge on any atom is -0.346 e. The molecule has 1 aromatic heterocycles. The van der Waals surface area contributed by atoms with Gasteiger partial charge >= 0.3 is 0 Å². The van der Waals surface area contributed by atoms with Gasteiger partial charge in [-0.25, -0.2) is 4.98 Å². The van der Waals surface area contributed by atoms with Crippen molar-refractivity contribution in [1.82, 2.24) is 9.88 Å². The summed E-state index contributed by atoms with van der Waals surface area (Å²) in [6.07, 6.45) is 1.84. The number of nitrogens with zero attached hydrogens (tertiary/aromatic N) is 3. The number of piperazine rings is 1. The molecule has 0 atom stereocenters. The third kappa shape index (κ3) is 4.09. The first-order chi connectivity index (χ1) is 11.1. The summed E-state index contributed by atoms with van der Waals surface area (Å²) in [6, 6.07) is 6.02. The second-order valence-electron chi connectivity index (χ2n) is 5.93. The number of aryl methyl sites for hydroxylation is 2. The summed E-state index contributed by atoms with van der Waals surface area (Å²) in [7, 11) is 0. The number of hydrogen-bond donors (Lipinski definition) is 1. The first-order valence-electron chi connectivity index (χ1n) is 7.86. The highest BCUT2D eigenvalue weighted by Gasteiger charge is 2.20. The molecule has 3 rings (SSSR count). The normalized spacial score (nSPS) is 15.7. The Balaban J connectivity index is 1.48. The molecule has 1 amide bonds. The topological polar surface area (TPSA) is 48.5 Å². The van der Waals surface area contributed by atoms with Gasteiger partial charge in [-0.3, -0.25) is 9.69 Å². The maximum absolute atomic E-state index is 12.2. The summed E-state index contributed by atoms with van der Waals surface area (Å²) in [5.41, 5.74) is 3.31. The second-order valence-corrected chi connectivity index (χ2v) is 6.80. The molecule has 1 saturated heterocycles. The van der Waals surface area contributed by atoms with Crippen molar-refractivity contribution < 1.29 is 4.79 Å². The third-order valence-corrected chi connectivity index (χ3v) is 5.05. The summed E-state index contributed by atoms with van der Waals surface area (Å²) in [5, 5.41) is 6.06. The summed E-state index contributed by atoms with van der Waals surface area (Å²) < 4.78 is 0. The fraction of sp³-hybridized carbons (Fsp3) is 0.412. The highest BCUT2D eigenvalue weighted by Crippen LogP contribution is 2.19. The van der Waals surface area contributed by atoms with E-state index in [9.17, 15) is 4.79 Å². The third-order valence-electron chi connectivity index (χ3n) is 4.22. The minimum atomic E-state index is 0.0518. The van der Waals surface area contributed by atoms with Crippen LogP contribution in [0.25, 0.3) is 0 Å². The van der Waals surface area contributed by atoms with Crippen molar-refractivity contribution in [1.29, 1.82) is 0 Å². The summed E-state index contributed by atoms with van der Waals surface area (Å²) in [6.45, 7) is 8.19. The molecular formula is C17H22N4OS. The first-order valence-corrected chi connectivity index (χ1v) is 8.74. The van der Waals surface area contributed by atoms with Gasteiger partial charge in [-0.2, -0.15) is 0 Å². The number of anilines is 2. The number of benzene rings is 1. The molecule has 5 nitrogen and oxygen atoms in total. The van der Waals surface area contributed by atoms with E-state index in [2.05, 4.69) is 33.9 Å². The highest BCUT2D eigenvalue weighted by atomic mass is 32.1. The number of carbonyl (C=O) groups is 1. The van der Waals surface area contributed by atoms with Crippen LogP contribution in [0, 0.1) is 13.8 Å². The van der Waals surface area contributed by atoms with Crippen LogP contribution in [0.4, 0.5) is 10.8 Å². The van der Waals surface area contributed by atoms with Gasteiger partial charge in [0.15, 0.2) is 5.13 Å². The average Bonchev–Trinajstić information content (AvgIpc) is 3.06. The number of hydrogen-bond acceptors (Lipinski definition) is 5. The van der Waals surface area contributed by atoms with E-state index in [-0.39, 0.29) is 5.91 Å². The molecule has 2 heterocycles. The molecule has 0 bridgehead atoms. The van der Waals surface area contributed by atoms with Gasteiger partial charge in [-0.1, -0.05) is 6.07 Å². The molecule has 2 aromatic rings. The molecule has 1 aliphatic rings. The minimum absolute atomic E-state index is 0.0518. The molecule has 0 unspecified atom stereocenters. The number of thiazole rings is 1. The molecule has 1 aromatic carbocycles. The first kappa shape index (κ1) is 16.0. The van der Waals surface area contributed by atoms with Crippen LogP contribution in [0.15, 0.2) is 29.8 Å². The summed E-state index contributed by atoms with van der Waals surface area (Å²) in [5.74, 6) is 0.0518. The van der Waals surface area contributed by atoms with Gasteiger partial charge in [-0.05, 0) is 37.1 Å². The zero-order valence-electron chi connectivity index (χ0n) is 13.6. The van der Waals surface area contributed by atoms with Gasteiger partial charge in [0.25, 0.3) is 0 Å². The van der Waals surface area contributed by atoms with E-state index < -0.39 is 0 Å². The molecule has 1 fully saturated rings. The maximum atomic E-state index is 12.2. The number of nitrogens with one attached hydrogen (secondary N) is 1. The molecule has 122 valence electrons. The van der Waals surface area contributed by atoms with Crippen LogP contribution >= 0.6 is 11.3 Å². The maximum Gasteiger partial charge on any atom is 0.238 e. The van der Waals surface area contributed by atoms with Gasteiger partial charge < -0.3 is 10.2 Å². The number of amides is 1. The lowest BCUT2D eigenvalue weighted by Gasteiger charge is -2.34. The standard InChI is InChI=1S/C17H22N4OS/c1-13-3-4-15(11-14(13)2)19-16(22)12-20-6-8-21(9-7-20)17-18-5-10-23-17/h3-5,10-11H,6-9,12H2,1-2H3,(H,19,22). The lowest BCUT2D eigenvalue weighted by Crippen LogP contribution is -2.48. The molecule has 1 N–H and O–H groups in total. The molecule has 6 heteroatoms. The van der Waals surface area contributed by atoms with E-state index in [1.54, 1.807) is 11.3 Å².